The number of carbonyl (C=O) groups excluding carboxylic acids is 1. The number of hydrogen-bond acceptors (Lipinski definition) is 5. The lowest BCUT2D eigenvalue weighted by atomic mass is 10.2. The third-order valence-electron chi connectivity index (χ3n) is 4.20. The van der Waals surface area contributed by atoms with Gasteiger partial charge in [-0.1, -0.05) is 17.7 Å². The monoisotopic (exact) mass is 319 g/mol. The summed E-state index contributed by atoms with van der Waals surface area (Å²) in [6, 6.07) is 11.4. The minimum atomic E-state index is -0.270. The van der Waals surface area contributed by atoms with Gasteiger partial charge in [-0.15, -0.1) is 0 Å². The fourth-order valence-electron chi connectivity index (χ4n) is 2.91. The Bertz CT molecular complexity index is 893. The summed E-state index contributed by atoms with van der Waals surface area (Å²) in [6.07, 6.45) is 3.99. The maximum absolute atomic E-state index is 12.7. The zero-order valence-electron chi connectivity index (χ0n) is 13.3. The molecule has 0 saturated carbocycles. The van der Waals surface area contributed by atoms with Crippen LogP contribution in [0.4, 0.5) is 11.5 Å². The molecule has 1 unspecified atom stereocenters. The lowest BCUT2D eigenvalue weighted by Crippen LogP contribution is -2.33. The Labute approximate surface area is 139 Å². The van der Waals surface area contributed by atoms with Gasteiger partial charge in [0.2, 0.25) is 5.91 Å². The van der Waals surface area contributed by atoms with Crippen molar-refractivity contribution in [2.45, 2.75) is 19.4 Å². The number of nitrogens with one attached hydrogen (secondary N) is 1. The van der Waals surface area contributed by atoms with Crippen molar-refractivity contribution in [2.75, 3.05) is 16.8 Å². The first-order chi connectivity index (χ1) is 11.7. The molecule has 3 heterocycles. The summed E-state index contributed by atoms with van der Waals surface area (Å²) >= 11 is 0. The van der Waals surface area contributed by atoms with E-state index in [9.17, 15) is 4.79 Å². The van der Waals surface area contributed by atoms with Crippen LogP contribution in [0.25, 0.3) is 11.2 Å². The van der Waals surface area contributed by atoms with Crippen molar-refractivity contribution >= 4 is 28.6 Å². The Kier molecular flexibility index (Phi) is 3.57. The minimum absolute atomic E-state index is 0.0693. The molecule has 6 nitrogen and oxygen atoms in total. The normalized spacial score (nSPS) is 17.5. The van der Waals surface area contributed by atoms with E-state index in [-0.39, 0.29) is 11.9 Å². The van der Waals surface area contributed by atoms with Crippen LogP contribution >= 0.6 is 0 Å². The number of amides is 1. The number of hydrogen-bond donors (Lipinski definition) is 1. The molecule has 1 aliphatic rings. The highest BCUT2D eigenvalue weighted by molar-refractivity contribution is 6.01. The van der Waals surface area contributed by atoms with Crippen LogP contribution < -0.4 is 10.2 Å². The molecule has 0 bridgehead atoms. The van der Waals surface area contributed by atoms with E-state index in [0.717, 1.165) is 17.6 Å². The van der Waals surface area contributed by atoms with Crippen molar-refractivity contribution in [3.8, 4) is 0 Å². The smallest absolute Gasteiger partial charge is 0.249 e. The van der Waals surface area contributed by atoms with E-state index >= 15 is 0 Å². The first-order valence-corrected chi connectivity index (χ1v) is 7.93. The van der Waals surface area contributed by atoms with Gasteiger partial charge in [-0.2, -0.15) is 0 Å². The number of pyridine rings is 1. The predicted molar refractivity (Wildman–Crippen MR) is 92.9 cm³/mol. The number of nitrogens with zero attached hydrogens (tertiary/aromatic N) is 4. The maximum Gasteiger partial charge on any atom is 0.249 e. The molecule has 1 atom stereocenters. The maximum atomic E-state index is 12.7. The molecule has 2 aromatic heterocycles. The topological polar surface area (TPSA) is 71.0 Å². The summed E-state index contributed by atoms with van der Waals surface area (Å²) in [7, 11) is 0. The van der Waals surface area contributed by atoms with E-state index in [0.29, 0.717) is 18.0 Å². The average molecular weight is 319 g/mol. The molecule has 6 heteroatoms. The Morgan fingerprint density at radius 2 is 1.88 bits per heavy atom. The van der Waals surface area contributed by atoms with Crippen molar-refractivity contribution in [3.05, 3.63) is 54.4 Å². The SMILES string of the molecule is Cc1ccc(N2CCC(Nc3ccc4nccnc4n3)C2=O)cc1. The van der Waals surface area contributed by atoms with Gasteiger partial charge < -0.3 is 10.2 Å². The van der Waals surface area contributed by atoms with Crippen LogP contribution in [0.5, 0.6) is 0 Å². The molecular formula is C18H17N5O. The second kappa shape index (κ2) is 5.88. The van der Waals surface area contributed by atoms with Gasteiger partial charge in [0.1, 0.15) is 17.4 Å². The summed E-state index contributed by atoms with van der Waals surface area (Å²) in [5.74, 6) is 0.715. The van der Waals surface area contributed by atoms with Crippen molar-refractivity contribution in [1.82, 2.24) is 15.0 Å². The van der Waals surface area contributed by atoms with Crippen LogP contribution in [-0.2, 0) is 4.79 Å². The average Bonchev–Trinajstić information content (AvgIpc) is 2.96. The Morgan fingerprint density at radius 3 is 2.71 bits per heavy atom. The lowest BCUT2D eigenvalue weighted by Gasteiger charge is -2.17. The number of benzene rings is 1. The third kappa shape index (κ3) is 2.67. The van der Waals surface area contributed by atoms with Gasteiger partial charge in [-0.3, -0.25) is 9.78 Å². The Morgan fingerprint density at radius 1 is 1.08 bits per heavy atom. The van der Waals surface area contributed by atoms with Gasteiger partial charge in [-0.05, 0) is 37.6 Å². The summed E-state index contributed by atoms with van der Waals surface area (Å²) < 4.78 is 0. The van der Waals surface area contributed by atoms with E-state index in [2.05, 4.69) is 20.3 Å². The van der Waals surface area contributed by atoms with Crippen molar-refractivity contribution in [2.24, 2.45) is 0 Å². The second-order valence-corrected chi connectivity index (χ2v) is 5.91. The molecule has 0 radical (unpaired) electrons. The van der Waals surface area contributed by atoms with Crippen molar-refractivity contribution in [3.63, 3.8) is 0 Å². The van der Waals surface area contributed by atoms with Crippen LogP contribution in [0, 0.1) is 6.92 Å². The fraction of sp³-hybridized carbons (Fsp3) is 0.222. The van der Waals surface area contributed by atoms with E-state index in [1.54, 1.807) is 12.4 Å². The van der Waals surface area contributed by atoms with E-state index in [1.165, 1.54) is 5.56 Å². The van der Waals surface area contributed by atoms with Crippen LogP contribution in [0.2, 0.25) is 0 Å². The van der Waals surface area contributed by atoms with Crippen LogP contribution in [0.15, 0.2) is 48.8 Å². The summed E-state index contributed by atoms with van der Waals surface area (Å²) in [5.41, 5.74) is 3.43. The molecule has 1 aliphatic heterocycles. The largest absolute Gasteiger partial charge is 0.358 e. The molecule has 1 N–H and O–H groups in total. The van der Waals surface area contributed by atoms with Crippen molar-refractivity contribution in [1.29, 1.82) is 0 Å². The fourth-order valence-corrected chi connectivity index (χ4v) is 2.91. The van der Waals surface area contributed by atoms with E-state index < -0.39 is 0 Å². The molecule has 1 aromatic carbocycles. The van der Waals surface area contributed by atoms with Crippen LogP contribution in [0.3, 0.4) is 0 Å². The molecule has 4 rings (SSSR count). The number of carbonyl (C=O) groups is 1. The van der Waals surface area contributed by atoms with Gasteiger partial charge in [0, 0.05) is 24.6 Å². The van der Waals surface area contributed by atoms with Gasteiger partial charge >= 0.3 is 0 Å². The number of anilines is 2. The first-order valence-electron chi connectivity index (χ1n) is 7.93. The van der Waals surface area contributed by atoms with Crippen LogP contribution in [0.1, 0.15) is 12.0 Å². The van der Waals surface area contributed by atoms with Gasteiger partial charge in [-0.25, -0.2) is 9.97 Å². The zero-order chi connectivity index (χ0) is 16.5. The lowest BCUT2D eigenvalue weighted by molar-refractivity contribution is -0.117. The summed E-state index contributed by atoms with van der Waals surface area (Å²) in [5, 5.41) is 3.22. The number of rotatable bonds is 3. The predicted octanol–water partition coefficient (Wildman–Crippen LogP) is 2.55. The molecular weight excluding hydrogens is 302 g/mol. The van der Waals surface area contributed by atoms with Gasteiger partial charge in [0.15, 0.2) is 5.65 Å². The highest BCUT2D eigenvalue weighted by Gasteiger charge is 2.32. The first kappa shape index (κ1) is 14.6. The zero-order valence-corrected chi connectivity index (χ0v) is 13.3. The van der Waals surface area contributed by atoms with Crippen molar-refractivity contribution < 1.29 is 4.79 Å². The second-order valence-electron chi connectivity index (χ2n) is 5.91. The molecule has 1 fully saturated rings. The molecule has 3 aromatic rings. The summed E-state index contributed by atoms with van der Waals surface area (Å²) in [4.78, 5) is 27.3. The van der Waals surface area contributed by atoms with E-state index in [4.69, 9.17) is 0 Å². The quantitative estimate of drug-likeness (QED) is 0.803. The molecule has 24 heavy (non-hydrogen) atoms. The van der Waals surface area contributed by atoms with Crippen LogP contribution in [-0.4, -0.2) is 33.4 Å². The number of fused-ring (bicyclic) bond motifs is 1. The highest BCUT2D eigenvalue weighted by atomic mass is 16.2. The Hall–Kier alpha value is -3.02. The number of aromatic nitrogens is 3. The summed E-state index contributed by atoms with van der Waals surface area (Å²) in [6.45, 7) is 2.74. The number of aryl methyl sites for hydroxylation is 1. The van der Waals surface area contributed by atoms with Gasteiger partial charge in [0.25, 0.3) is 0 Å². The minimum Gasteiger partial charge on any atom is -0.358 e. The molecule has 1 amide bonds. The van der Waals surface area contributed by atoms with Gasteiger partial charge in [0.05, 0.1) is 0 Å². The molecule has 0 aliphatic carbocycles. The standard InChI is InChI=1S/C18H17N5O/c1-12-2-4-13(5-3-12)23-11-8-15(18(23)24)21-16-7-6-14-17(22-16)20-10-9-19-14/h2-7,9-10,15H,8,11H2,1H3,(H,20,21,22). The third-order valence-corrected chi connectivity index (χ3v) is 4.20. The highest BCUT2D eigenvalue weighted by Crippen LogP contribution is 2.24. The molecule has 120 valence electrons. The molecule has 1 saturated heterocycles. The Balaban J connectivity index is 1.52. The molecule has 0 spiro atoms. The van der Waals surface area contributed by atoms with E-state index in [1.807, 2.05) is 48.2 Å².